The summed E-state index contributed by atoms with van der Waals surface area (Å²) in [5, 5.41) is 4.18. The quantitative estimate of drug-likeness (QED) is 0.633. The number of benzene rings is 2. The third kappa shape index (κ3) is 5.79. The van der Waals surface area contributed by atoms with Crippen LogP contribution in [-0.4, -0.2) is 18.7 Å². The Labute approximate surface area is 147 Å². The van der Waals surface area contributed by atoms with Crippen LogP contribution in [0.1, 0.15) is 16.7 Å². The molecule has 132 valence electrons. The molecule has 4 nitrogen and oxygen atoms in total. The Hall–Kier alpha value is -2.54. The molecule has 0 atom stereocenters. The van der Waals surface area contributed by atoms with Crippen molar-refractivity contribution in [2.45, 2.75) is 13.1 Å². The molecule has 0 heterocycles. The lowest BCUT2D eigenvalue weighted by Crippen LogP contribution is -2.24. The van der Waals surface area contributed by atoms with Gasteiger partial charge in [-0.15, -0.1) is 0 Å². The van der Waals surface area contributed by atoms with E-state index in [1.54, 1.807) is 25.1 Å². The second-order valence-corrected chi connectivity index (χ2v) is 5.55. The Morgan fingerprint density at radius 2 is 2.04 bits per heavy atom. The van der Waals surface area contributed by atoms with Crippen LogP contribution in [0.4, 0.5) is 13.2 Å². The first-order chi connectivity index (χ1) is 11.8. The number of nitrogens with one attached hydrogen (secondary N) is 1. The summed E-state index contributed by atoms with van der Waals surface area (Å²) in [6.45, 7) is 1.49. The van der Waals surface area contributed by atoms with Crippen LogP contribution in [0.2, 0.25) is 5.02 Å². The summed E-state index contributed by atoms with van der Waals surface area (Å²) in [7, 11) is 0. The number of amides is 1. The molecule has 2 rings (SSSR count). The second kappa shape index (κ2) is 8.02. The van der Waals surface area contributed by atoms with Gasteiger partial charge in [0, 0.05) is 5.02 Å². The highest BCUT2D eigenvalue weighted by molar-refractivity contribution is 6.30. The number of hydrogen-bond acceptors (Lipinski definition) is 3. The maximum absolute atomic E-state index is 12.6. The Morgan fingerprint density at radius 3 is 2.72 bits per heavy atom. The van der Waals surface area contributed by atoms with Gasteiger partial charge >= 0.3 is 6.18 Å². The zero-order valence-electron chi connectivity index (χ0n) is 13.1. The number of alkyl halides is 3. The van der Waals surface area contributed by atoms with Gasteiger partial charge in [-0.05, 0) is 48.4 Å². The topological polar surface area (TPSA) is 50.7 Å². The second-order valence-electron chi connectivity index (χ2n) is 5.11. The number of carbonyl (C=O) groups is 1. The van der Waals surface area contributed by atoms with E-state index in [1.165, 1.54) is 12.1 Å². The fraction of sp³-hybridized carbons (Fsp3) is 0.176. The molecule has 0 bridgehead atoms. The average molecular weight is 371 g/mol. The summed E-state index contributed by atoms with van der Waals surface area (Å²) in [6.07, 6.45) is -3.31. The molecule has 0 saturated carbocycles. The van der Waals surface area contributed by atoms with E-state index in [2.05, 4.69) is 10.5 Å². The van der Waals surface area contributed by atoms with Crippen molar-refractivity contribution >= 4 is 23.7 Å². The first kappa shape index (κ1) is 18.8. The lowest BCUT2D eigenvalue weighted by Gasteiger charge is -2.08. The molecule has 2 aromatic rings. The van der Waals surface area contributed by atoms with Crippen LogP contribution < -0.4 is 10.2 Å². The number of carbonyl (C=O) groups excluding carboxylic acids is 1. The highest BCUT2D eigenvalue weighted by atomic mass is 35.5. The Morgan fingerprint density at radius 1 is 1.28 bits per heavy atom. The summed E-state index contributed by atoms with van der Waals surface area (Å²) >= 11 is 5.82. The lowest BCUT2D eigenvalue weighted by molar-refractivity contribution is -0.137. The van der Waals surface area contributed by atoms with Gasteiger partial charge in [0.15, 0.2) is 6.61 Å². The zero-order valence-corrected chi connectivity index (χ0v) is 13.9. The van der Waals surface area contributed by atoms with E-state index in [-0.39, 0.29) is 12.2 Å². The van der Waals surface area contributed by atoms with Gasteiger partial charge in [0.25, 0.3) is 5.91 Å². The number of hydrazone groups is 1. The molecule has 2 aromatic carbocycles. The molecule has 1 amide bonds. The Bertz CT molecular complexity index is 792. The third-order valence-corrected chi connectivity index (χ3v) is 3.35. The summed E-state index contributed by atoms with van der Waals surface area (Å²) in [5.74, 6) is -0.0426. The van der Waals surface area contributed by atoms with Crippen molar-refractivity contribution in [3.63, 3.8) is 0 Å². The van der Waals surface area contributed by atoms with Crippen LogP contribution >= 0.6 is 11.6 Å². The van der Waals surface area contributed by atoms with Gasteiger partial charge in [-0.25, -0.2) is 5.43 Å². The van der Waals surface area contributed by atoms with E-state index in [1.807, 2.05) is 0 Å². The third-order valence-electron chi connectivity index (χ3n) is 3.11. The van der Waals surface area contributed by atoms with Gasteiger partial charge in [0.2, 0.25) is 0 Å². The summed E-state index contributed by atoms with van der Waals surface area (Å²) < 4.78 is 43.1. The van der Waals surface area contributed by atoms with Crippen LogP contribution in [-0.2, 0) is 11.0 Å². The molecule has 0 aliphatic carbocycles. The molecule has 0 unspecified atom stereocenters. The van der Waals surface area contributed by atoms with Crippen LogP contribution in [0.5, 0.6) is 5.75 Å². The first-order valence-electron chi connectivity index (χ1n) is 7.14. The number of ether oxygens (including phenoxy) is 1. The molecule has 0 saturated heterocycles. The summed E-state index contributed by atoms with van der Waals surface area (Å²) in [5.41, 5.74) is 2.38. The van der Waals surface area contributed by atoms with E-state index < -0.39 is 17.6 Å². The molecule has 0 aliphatic rings. The van der Waals surface area contributed by atoms with Crippen molar-refractivity contribution in [2.24, 2.45) is 5.10 Å². The van der Waals surface area contributed by atoms with E-state index in [4.69, 9.17) is 16.3 Å². The maximum atomic E-state index is 12.6. The number of halogens is 4. The van der Waals surface area contributed by atoms with Gasteiger partial charge in [-0.2, -0.15) is 18.3 Å². The number of rotatable bonds is 5. The predicted molar refractivity (Wildman–Crippen MR) is 88.9 cm³/mol. The van der Waals surface area contributed by atoms with Crippen molar-refractivity contribution in [2.75, 3.05) is 6.61 Å². The molecule has 0 radical (unpaired) electrons. The van der Waals surface area contributed by atoms with Crippen molar-refractivity contribution in [3.8, 4) is 5.75 Å². The molecule has 0 aromatic heterocycles. The van der Waals surface area contributed by atoms with Crippen LogP contribution in [0, 0.1) is 6.92 Å². The van der Waals surface area contributed by atoms with Crippen molar-refractivity contribution in [1.82, 2.24) is 5.43 Å². The summed E-state index contributed by atoms with van der Waals surface area (Å²) in [4.78, 5) is 11.7. The lowest BCUT2D eigenvalue weighted by atomic mass is 10.1. The van der Waals surface area contributed by atoms with E-state index in [9.17, 15) is 18.0 Å². The van der Waals surface area contributed by atoms with Gasteiger partial charge < -0.3 is 4.74 Å². The highest BCUT2D eigenvalue weighted by Crippen LogP contribution is 2.29. The molecule has 25 heavy (non-hydrogen) atoms. The van der Waals surface area contributed by atoms with Crippen LogP contribution in [0.3, 0.4) is 0 Å². The number of aryl methyl sites for hydroxylation is 1. The van der Waals surface area contributed by atoms with Gasteiger partial charge in [-0.1, -0.05) is 23.7 Å². The largest absolute Gasteiger partial charge is 0.483 e. The predicted octanol–water partition coefficient (Wildman–Crippen LogP) is 4.20. The van der Waals surface area contributed by atoms with Gasteiger partial charge in [0.05, 0.1) is 11.8 Å². The molecule has 0 aliphatic heterocycles. The minimum Gasteiger partial charge on any atom is -0.483 e. The van der Waals surface area contributed by atoms with Crippen molar-refractivity contribution < 1.29 is 22.7 Å². The first-order valence-corrected chi connectivity index (χ1v) is 7.51. The van der Waals surface area contributed by atoms with E-state index >= 15 is 0 Å². The number of hydrogen-bond donors (Lipinski definition) is 1. The SMILES string of the molecule is Cc1cc(Cl)ccc1OCC(=O)N/N=C\c1cccc(C(F)(F)F)c1. The molecule has 0 fully saturated rings. The average Bonchev–Trinajstić information content (AvgIpc) is 2.53. The maximum Gasteiger partial charge on any atom is 0.416 e. The Kier molecular flexibility index (Phi) is 6.03. The van der Waals surface area contributed by atoms with Gasteiger partial charge in [0.1, 0.15) is 5.75 Å². The molecular weight excluding hydrogens is 357 g/mol. The molecular formula is C17H14ClF3N2O2. The van der Waals surface area contributed by atoms with Crippen molar-refractivity contribution in [3.05, 3.63) is 64.2 Å². The number of nitrogens with zero attached hydrogens (tertiary/aromatic N) is 1. The van der Waals surface area contributed by atoms with Crippen LogP contribution in [0.25, 0.3) is 0 Å². The minimum absolute atomic E-state index is 0.213. The minimum atomic E-state index is -4.43. The smallest absolute Gasteiger partial charge is 0.416 e. The molecule has 1 N–H and O–H groups in total. The molecule has 8 heteroatoms. The van der Waals surface area contributed by atoms with Crippen molar-refractivity contribution in [1.29, 1.82) is 0 Å². The molecule has 0 spiro atoms. The van der Waals surface area contributed by atoms with Crippen LogP contribution in [0.15, 0.2) is 47.6 Å². The van der Waals surface area contributed by atoms with Gasteiger partial charge in [-0.3, -0.25) is 4.79 Å². The zero-order chi connectivity index (χ0) is 18.4. The summed E-state index contributed by atoms with van der Waals surface area (Å²) in [6, 6.07) is 9.56. The highest BCUT2D eigenvalue weighted by Gasteiger charge is 2.30. The van der Waals surface area contributed by atoms with E-state index in [0.29, 0.717) is 10.8 Å². The fourth-order valence-electron chi connectivity index (χ4n) is 1.92. The Balaban J connectivity index is 1.88. The van der Waals surface area contributed by atoms with E-state index in [0.717, 1.165) is 23.9 Å². The standard InChI is InChI=1S/C17H14ClF3N2O2/c1-11-7-14(18)5-6-15(11)25-10-16(24)23-22-9-12-3-2-4-13(8-12)17(19,20)21/h2-9H,10H2,1H3,(H,23,24)/b22-9-. The monoisotopic (exact) mass is 370 g/mol. The fourth-order valence-corrected chi connectivity index (χ4v) is 2.15. The normalized spacial score (nSPS) is 11.6.